The van der Waals surface area contributed by atoms with Crippen molar-refractivity contribution in [2.45, 2.75) is 64.5 Å². The predicted molar refractivity (Wildman–Crippen MR) is 163 cm³/mol. The molecule has 9 heteroatoms. The average Bonchev–Trinajstić information content (AvgIpc) is 2.96. The number of hydrogen-bond donors (Lipinski definition) is 3. The Hall–Kier alpha value is -2.81. The van der Waals surface area contributed by atoms with E-state index in [-0.39, 0.29) is 25.1 Å². The van der Waals surface area contributed by atoms with E-state index in [2.05, 4.69) is 34.5 Å². The van der Waals surface area contributed by atoms with Crippen molar-refractivity contribution in [1.82, 2.24) is 16.0 Å². The van der Waals surface area contributed by atoms with Crippen LogP contribution >= 0.6 is 11.6 Å². The molecule has 0 aromatic heterocycles. The van der Waals surface area contributed by atoms with E-state index in [1.165, 1.54) is 39.2 Å². The molecule has 0 saturated heterocycles. The van der Waals surface area contributed by atoms with Gasteiger partial charge in [0.2, 0.25) is 0 Å². The molecule has 1 aliphatic carbocycles. The molecule has 41 heavy (non-hydrogen) atoms. The van der Waals surface area contributed by atoms with Gasteiger partial charge < -0.3 is 30.2 Å². The van der Waals surface area contributed by atoms with Gasteiger partial charge in [-0.05, 0) is 66.8 Å². The van der Waals surface area contributed by atoms with Crippen LogP contribution < -0.4 is 20.7 Å². The van der Waals surface area contributed by atoms with Gasteiger partial charge in [-0.3, -0.25) is 4.79 Å². The van der Waals surface area contributed by atoms with Gasteiger partial charge in [0.25, 0.3) is 5.91 Å². The number of alkyl carbamates (subject to hydrolysis) is 1. The number of hydrogen-bond acceptors (Lipinski definition) is 6. The van der Waals surface area contributed by atoms with Gasteiger partial charge in [0.05, 0.1) is 20.3 Å². The molecule has 3 N–H and O–H groups in total. The van der Waals surface area contributed by atoms with Gasteiger partial charge in [0.15, 0.2) is 0 Å². The maximum absolute atomic E-state index is 13.7. The zero-order valence-electron chi connectivity index (χ0n) is 24.8. The molecular formula is C32H46ClN3O5. The molecule has 1 fully saturated rings. The standard InChI is InChI=1S/C32H46ClN3O5/c1-22(2)21-41-29-18-25(30(24-11-8-12-27(33)17-24)40-14-13-35-32(38)39-4)16-26(19-29)31(37)36-28(20-34-3)15-23-9-6-5-7-10-23/h8,11-12,16-19,22-23,28,30,34H,5-7,9-10,13-15,20-21H2,1-4H3,(H,35,38)(H,36,37)/t28-,30?/m0/s1. The minimum Gasteiger partial charge on any atom is -0.493 e. The Morgan fingerprint density at radius 2 is 1.83 bits per heavy atom. The van der Waals surface area contributed by atoms with E-state index in [0.717, 1.165) is 17.5 Å². The van der Waals surface area contributed by atoms with E-state index in [1.54, 1.807) is 12.1 Å². The van der Waals surface area contributed by atoms with Gasteiger partial charge in [-0.1, -0.05) is 69.7 Å². The van der Waals surface area contributed by atoms with Gasteiger partial charge in [-0.2, -0.15) is 0 Å². The molecule has 2 amide bonds. The summed E-state index contributed by atoms with van der Waals surface area (Å²) in [6, 6.07) is 13.0. The smallest absolute Gasteiger partial charge is 0.406 e. The summed E-state index contributed by atoms with van der Waals surface area (Å²) < 4.78 is 17.0. The molecule has 0 spiro atoms. The highest BCUT2D eigenvalue weighted by atomic mass is 35.5. The average molecular weight is 588 g/mol. The molecule has 2 aromatic rings. The molecule has 1 unspecified atom stereocenters. The fourth-order valence-electron chi connectivity index (χ4n) is 5.24. The van der Waals surface area contributed by atoms with Crippen LogP contribution in [-0.4, -0.2) is 58.5 Å². The number of carbonyl (C=O) groups is 2. The summed E-state index contributed by atoms with van der Waals surface area (Å²) in [6.45, 7) is 5.86. The molecule has 1 aliphatic rings. The van der Waals surface area contributed by atoms with Gasteiger partial charge in [0.1, 0.15) is 11.9 Å². The van der Waals surface area contributed by atoms with E-state index in [4.69, 9.17) is 21.1 Å². The highest BCUT2D eigenvalue weighted by molar-refractivity contribution is 6.30. The lowest BCUT2D eigenvalue weighted by atomic mass is 9.84. The third kappa shape index (κ3) is 11.2. The van der Waals surface area contributed by atoms with Gasteiger partial charge in [-0.25, -0.2) is 4.79 Å². The van der Waals surface area contributed by atoms with Crippen molar-refractivity contribution in [2.24, 2.45) is 11.8 Å². The lowest BCUT2D eigenvalue weighted by Crippen LogP contribution is -2.42. The topological polar surface area (TPSA) is 97.9 Å². The second kappa shape index (κ2) is 17.2. The van der Waals surface area contributed by atoms with Crippen molar-refractivity contribution < 1.29 is 23.8 Å². The third-order valence-corrected chi connectivity index (χ3v) is 7.43. The van der Waals surface area contributed by atoms with E-state index in [1.807, 2.05) is 37.4 Å². The van der Waals surface area contributed by atoms with Gasteiger partial charge in [-0.15, -0.1) is 0 Å². The van der Waals surface area contributed by atoms with Crippen LogP contribution in [-0.2, 0) is 9.47 Å². The molecule has 226 valence electrons. The number of amides is 2. The van der Waals surface area contributed by atoms with Crippen LogP contribution in [0.2, 0.25) is 5.02 Å². The van der Waals surface area contributed by atoms with Gasteiger partial charge >= 0.3 is 6.09 Å². The lowest BCUT2D eigenvalue weighted by molar-refractivity contribution is 0.0801. The number of halogens is 1. The summed E-state index contributed by atoms with van der Waals surface area (Å²) in [5.41, 5.74) is 2.09. The summed E-state index contributed by atoms with van der Waals surface area (Å²) >= 11 is 6.34. The summed E-state index contributed by atoms with van der Waals surface area (Å²) in [5, 5.41) is 9.74. The van der Waals surface area contributed by atoms with Crippen LogP contribution in [0.25, 0.3) is 0 Å². The molecular weight excluding hydrogens is 542 g/mol. The number of rotatable bonds is 15. The highest BCUT2D eigenvalue weighted by Crippen LogP contribution is 2.32. The van der Waals surface area contributed by atoms with E-state index < -0.39 is 12.2 Å². The zero-order valence-corrected chi connectivity index (χ0v) is 25.6. The van der Waals surface area contributed by atoms with Crippen LogP contribution in [0.1, 0.15) is 80.0 Å². The molecule has 8 nitrogen and oxygen atoms in total. The van der Waals surface area contributed by atoms with Crippen molar-refractivity contribution in [3.05, 3.63) is 64.2 Å². The maximum Gasteiger partial charge on any atom is 0.406 e. The van der Waals surface area contributed by atoms with Crippen LogP contribution in [0.4, 0.5) is 4.79 Å². The van der Waals surface area contributed by atoms with E-state index in [9.17, 15) is 9.59 Å². The van der Waals surface area contributed by atoms with E-state index in [0.29, 0.717) is 41.3 Å². The zero-order chi connectivity index (χ0) is 29.6. The molecule has 0 aliphatic heterocycles. The molecule has 1 saturated carbocycles. The minimum atomic E-state index is -0.544. The van der Waals surface area contributed by atoms with Crippen molar-refractivity contribution >= 4 is 23.6 Å². The normalized spacial score (nSPS) is 15.3. The SMILES string of the molecule is CNC[C@H](CC1CCCCC1)NC(=O)c1cc(OCC(C)C)cc(C(OCCNC(=O)OC)c2cccc(Cl)c2)c1. The van der Waals surface area contributed by atoms with Crippen LogP contribution in [0.15, 0.2) is 42.5 Å². The molecule has 2 atom stereocenters. The number of ether oxygens (including phenoxy) is 3. The van der Waals surface area contributed by atoms with Crippen LogP contribution in [0.3, 0.4) is 0 Å². The highest BCUT2D eigenvalue weighted by Gasteiger charge is 2.23. The second-order valence-corrected chi connectivity index (χ2v) is 11.6. The van der Waals surface area contributed by atoms with E-state index >= 15 is 0 Å². The number of methoxy groups -OCH3 is 1. The predicted octanol–water partition coefficient (Wildman–Crippen LogP) is 6.13. The summed E-state index contributed by atoms with van der Waals surface area (Å²) in [5.74, 6) is 1.41. The third-order valence-electron chi connectivity index (χ3n) is 7.20. The summed E-state index contributed by atoms with van der Waals surface area (Å²) in [6.07, 6.45) is 6.18. The molecule has 0 bridgehead atoms. The molecule has 2 aromatic carbocycles. The fourth-order valence-corrected chi connectivity index (χ4v) is 5.44. The molecule has 0 heterocycles. The quantitative estimate of drug-likeness (QED) is 0.217. The first-order valence-electron chi connectivity index (χ1n) is 14.7. The Bertz CT molecular complexity index is 1110. The number of carbonyl (C=O) groups excluding carboxylic acids is 2. The van der Waals surface area contributed by atoms with Crippen LogP contribution in [0.5, 0.6) is 5.75 Å². The second-order valence-electron chi connectivity index (χ2n) is 11.2. The maximum atomic E-state index is 13.7. The molecule has 0 radical (unpaired) electrons. The first kappa shape index (κ1) is 32.7. The number of likely N-dealkylation sites (N-methyl/N-ethyl adjacent to an activating group) is 1. The Morgan fingerprint density at radius 3 is 2.51 bits per heavy atom. The lowest BCUT2D eigenvalue weighted by Gasteiger charge is -2.27. The Morgan fingerprint density at radius 1 is 1.05 bits per heavy atom. The monoisotopic (exact) mass is 587 g/mol. The number of nitrogens with one attached hydrogen (secondary N) is 3. The Labute approximate surface area is 249 Å². The summed E-state index contributed by atoms with van der Waals surface area (Å²) in [7, 11) is 3.23. The van der Waals surface area contributed by atoms with Crippen molar-refractivity contribution in [2.75, 3.05) is 40.5 Å². The molecule has 3 rings (SSSR count). The van der Waals surface area contributed by atoms with Gasteiger partial charge in [0, 0.05) is 29.7 Å². The van der Waals surface area contributed by atoms with Crippen molar-refractivity contribution in [3.8, 4) is 5.75 Å². The minimum absolute atomic E-state index is 0.0312. The number of benzene rings is 2. The van der Waals surface area contributed by atoms with Crippen molar-refractivity contribution in [1.29, 1.82) is 0 Å². The summed E-state index contributed by atoms with van der Waals surface area (Å²) in [4.78, 5) is 25.2. The van der Waals surface area contributed by atoms with Crippen LogP contribution in [0, 0.1) is 11.8 Å². The largest absolute Gasteiger partial charge is 0.493 e. The first-order valence-corrected chi connectivity index (χ1v) is 15.1. The Kier molecular flexibility index (Phi) is 13.7. The first-order chi connectivity index (χ1) is 19.8. The Balaban J connectivity index is 1.89. The fraction of sp³-hybridized carbons (Fsp3) is 0.562. The van der Waals surface area contributed by atoms with Crippen molar-refractivity contribution in [3.63, 3.8) is 0 Å².